The zero-order chi connectivity index (χ0) is 15.9. The molecule has 1 N–H and O–H groups in total. The number of hydrogen-bond donors (Lipinski definition) is 1. The molecule has 1 saturated heterocycles. The monoisotopic (exact) mass is 304 g/mol. The van der Waals surface area contributed by atoms with Gasteiger partial charge in [-0.1, -0.05) is 25.1 Å². The summed E-state index contributed by atoms with van der Waals surface area (Å²) < 4.78 is 0. The topological polar surface area (TPSA) is 60.9 Å². The third-order valence-corrected chi connectivity index (χ3v) is 4.26. The van der Waals surface area contributed by atoms with E-state index >= 15 is 0 Å². The van der Waals surface area contributed by atoms with Gasteiger partial charge >= 0.3 is 0 Å². The molecule has 2 rings (SSSR count). The first-order chi connectivity index (χ1) is 10.6. The van der Waals surface area contributed by atoms with Crippen molar-refractivity contribution in [1.82, 2.24) is 4.90 Å². The maximum absolute atomic E-state index is 12.2. The van der Waals surface area contributed by atoms with Gasteiger partial charge in [0.1, 0.15) is 6.10 Å². The highest BCUT2D eigenvalue weighted by Crippen LogP contribution is 2.17. The average molecular weight is 304 g/mol. The van der Waals surface area contributed by atoms with Crippen LogP contribution in [0.2, 0.25) is 0 Å². The summed E-state index contributed by atoms with van der Waals surface area (Å²) in [6, 6.07) is 8.65. The fraction of sp³-hybridized carbons (Fsp3) is 0.529. The van der Waals surface area contributed by atoms with E-state index < -0.39 is 12.0 Å². The van der Waals surface area contributed by atoms with Gasteiger partial charge in [0.25, 0.3) is 5.91 Å². The molecule has 1 aliphatic rings. The van der Waals surface area contributed by atoms with E-state index in [9.17, 15) is 14.7 Å². The zero-order valence-corrected chi connectivity index (χ0v) is 13.0. The molecule has 22 heavy (non-hydrogen) atoms. The molecule has 0 bridgehead atoms. The van der Waals surface area contributed by atoms with E-state index in [-0.39, 0.29) is 0 Å². The minimum atomic E-state index is -1.15. The number of piperidine rings is 1. The summed E-state index contributed by atoms with van der Waals surface area (Å²) in [6.45, 7) is 4.95. The summed E-state index contributed by atoms with van der Waals surface area (Å²) in [4.78, 5) is 26.6. The van der Waals surface area contributed by atoms with E-state index in [2.05, 4.69) is 11.8 Å². The van der Waals surface area contributed by atoms with Crippen molar-refractivity contribution in [2.24, 2.45) is 5.92 Å². The van der Waals surface area contributed by atoms with E-state index in [0.717, 1.165) is 36.7 Å². The highest BCUT2D eigenvalue weighted by molar-refractivity contribution is 6.08. The Balaban J connectivity index is 1.87. The molecule has 0 radical (unpaired) electrons. The molecule has 5 nitrogen and oxygen atoms in total. The highest BCUT2D eigenvalue weighted by atomic mass is 16.3. The molecule has 0 spiro atoms. The minimum absolute atomic E-state index is 0.352. The third kappa shape index (κ3) is 4.39. The molecular formula is C17H24N2O3. The second-order valence-electron chi connectivity index (χ2n) is 5.98. The van der Waals surface area contributed by atoms with Crippen LogP contribution in [0.3, 0.4) is 0 Å². The molecule has 1 aliphatic heterocycles. The lowest BCUT2D eigenvalue weighted by Crippen LogP contribution is -2.41. The summed E-state index contributed by atoms with van der Waals surface area (Å²) in [5.41, 5.74) is 0.480. The number of likely N-dealkylation sites (tertiary alicyclic amines) is 1. The van der Waals surface area contributed by atoms with Crippen molar-refractivity contribution in [3.63, 3.8) is 0 Å². The van der Waals surface area contributed by atoms with Crippen LogP contribution in [0.25, 0.3) is 0 Å². The first-order valence-electron chi connectivity index (χ1n) is 7.85. The van der Waals surface area contributed by atoms with Crippen LogP contribution in [-0.4, -0.2) is 48.1 Å². The summed E-state index contributed by atoms with van der Waals surface area (Å²) in [7, 11) is 0. The van der Waals surface area contributed by atoms with Crippen LogP contribution in [0, 0.1) is 5.92 Å². The van der Waals surface area contributed by atoms with Crippen LogP contribution in [-0.2, 0) is 9.59 Å². The standard InChI is InChI=1S/C17H24N2O3/c1-14-7-10-18(11-8-14)12-9-16(21)17(22)19(13-20)15-5-3-2-4-6-15/h2-6,13-14,16,21H,7-12H2,1H3. The number of aliphatic hydroxyl groups excluding tert-OH is 1. The Hall–Kier alpha value is -1.72. The predicted molar refractivity (Wildman–Crippen MR) is 85.5 cm³/mol. The quantitative estimate of drug-likeness (QED) is 0.812. The molecule has 2 amide bonds. The number of anilines is 1. The summed E-state index contributed by atoms with van der Waals surface area (Å²) in [5, 5.41) is 10.1. The Bertz CT molecular complexity index is 484. The number of imide groups is 1. The van der Waals surface area contributed by atoms with Crippen molar-refractivity contribution in [2.45, 2.75) is 32.3 Å². The van der Waals surface area contributed by atoms with Gasteiger partial charge in [0.15, 0.2) is 0 Å². The van der Waals surface area contributed by atoms with Crippen LogP contribution in [0.5, 0.6) is 0 Å². The molecule has 1 aromatic rings. The number of benzene rings is 1. The first-order valence-corrected chi connectivity index (χ1v) is 7.85. The maximum atomic E-state index is 12.2. The van der Waals surface area contributed by atoms with Gasteiger partial charge in [-0.3, -0.25) is 14.5 Å². The average Bonchev–Trinajstić information content (AvgIpc) is 2.55. The van der Waals surface area contributed by atoms with Gasteiger partial charge in [-0.15, -0.1) is 0 Å². The predicted octanol–water partition coefficient (Wildman–Crippen LogP) is 1.66. The molecule has 5 heteroatoms. The summed E-state index contributed by atoms with van der Waals surface area (Å²) in [6.07, 6.45) is 1.99. The molecule has 0 aromatic heterocycles. The third-order valence-electron chi connectivity index (χ3n) is 4.26. The smallest absolute Gasteiger partial charge is 0.262 e. The van der Waals surface area contributed by atoms with Crippen LogP contribution in [0.15, 0.2) is 30.3 Å². The Morgan fingerprint density at radius 2 is 2.00 bits per heavy atom. The first kappa shape index (κ1) is 16.6. The van der Waals surface area contributed by atoms with Crippen LogP contribution >= 0.6 is 0 Å². The van der Waals surface area contributed by atoms with Crippen LogP contribution in [0.1, 0.15) is 26.2 Å². The largest absolute Gasteiger partial charge is 0.383 e. The van der Waals surface area contributed by atoms with E-state index in [4.69, 9.17) is 0 Å². The Labute approximate surface area is 131 Å². The van der Waals surface area contributed by atoms with E-state index in [1.54, 1.807) is 24.3 Å². The molecule has 1 aromatic carbocycles. The van der Waals surface area contributed by atoms with E-state index in [1.165, 1.54) is 0 Å². The van der Waals surface area contributed by atoms with Gasteiger partial charge < -0.3 is 10.0 Å². The number of amides is 2. The molecule has 1 atom stereocenters. The normalized spacial score (nSPS) is 17.9. The minimum Gasteiger partial charge on any atom is -0.383 e. The number of carbonyl (C=O) groups excluding carboxylic acids is 2. The van der Waals surface area contributed by atoms with Gasteiger partial charge in [-0.25, -0.2) is 0 Å². The number of para-hydroxylation sites is 1. The fourth-order valence-electron chi connectivity index (χ4n) is 2.70. The lowest BCUT2D eigenvalue weighted by molar-refractivity contribution is -0.129. The Kier molecular flexibility index (Phi) is 6.10. The van der Waals surface area contributed by atoms with Crippen molar-refractivity contribution in [2.75, 3.05) is 24.5 Å². The number of nitrogens with zero attached hydrogens (tertiary/aromatic N) is 2. The molecule has 0 saturated carbocycles. The second-order valence-corrected chi connectivity index (χ2v) is 5.98. The lowest BCUT2D eigenvalue weighted by atomic mass is 9.99. The van der Waals surface area contributed by atoms with Gasteiger partial charge in [0, 0.05) is 6.54 Å². The van der Waals surface area contributed by atoms with Crippen LogP contribution < -0.4 is 4.90 Å². The molecule has 1 heterocycles. The Morgan fingerprint density at radius 3 is 2.59 bits per heavy atom. The summed E-state index contributed by atoms with van der Waals surface area (Å²) >= 11 is 0. The molecule has 0 aliphatic carbocycles. The molecular weight excluding hydrogens is 280 g/mol. The van der Waals surface area contributed by atoms with E-state index in [1.807, 2.05) is 6.07 Å². The van der Waals surface area contributed by atoms with Crippen molar-refractivity contribution >= 4 is 18.0 Å². The number of carbonyl (C=O) groups is 2. The fourth-order valence-corrected chi connectivity index (χ4v) is 2.70. The summed E-state index contributed by atoms with van der Waals surface area (Å²) in [5.74, 6) is 0.193. The molecule has 120 valence electrons. The number of rotatable bonds is 6. The van der Waals surface area contributed by atoms with Crippen molar-refractivity contribution in [1.29, 1.82) is 0 Å². The Morgan fingerprint density at radius 1 is 1.36 bits per heavy atom. The molecule has 1 unspecified atom stereocenters. The molecule has 1 fully saturated rings. The number of aliphatic hydroxyl groups is 1. The van der Waals surface area contributed by atoms with Gasteiger partial charge in [-0.05, 0) is 50.4 Å². The van der Waals surface area contributed by atoms with Gasteiger partial charge in [0.05, 0.1) is 5.69 Å². The number of hydrogen-bond acceptors (Lipinski definition) is 4. The lowest BCUT2D eigenvalue weighted by Gasteiger charge is -2.30. The second kappa shape index (κ2) is 8.06. The van der Waals surface area contributed by atoms with Crippen molar-refractivity contribution in [3.05, 3.63) is 30.3 Å². The van der Waals surface area contributed by atoms with E-state index in [0.29, 0.717) is 25.1 Å². The van der Waals surface area contributed by atoms with Gasteiger partial charge in [-0.2, -0.15) is 0 Å². The van der Waals surface area contributed by atoms with Crippen LogP contribution in [0.4, 0.5) is 5.69 Å². The zero-order valence-electron chi connectivity index (χ0n) is 13.0. The van der Waals surface area contributed by atoms with Gasteiger partial charge in [0.2, 0.25) is 6.41 Å². The maximum Gasteiger partial charge on any atom is 0.262 e. The van der Waals surface area contributed by atoms with Crippen molar-refractivity contribution < 1.29 is 14.7 Å². The SMILES string of the molecule is CC1CCN(CCC(O)C(=O)N(C=O)c2ccccc2)CC1. The van der Waals surface area contributed by atoms with Crippen molar-refractivity contribution in [3.8, 4) is 0 Å². The highest BCUT2D eigenvalue weighted by Gasteiger charge is 2.24.